The number of pyridine rings is 1. The van der Waals surface area contributed by atoms with E-state index in [1.165, 1.54) is 27.5 Å². The van der Waals surface area contributed by atoms with Crippen LogP contribution in [0.15, 0.2) is 47.9 Å². The molecular weight excluding hydrogens is 568 g/mol. The fourth-order valence-electron chi connectivity index (χ4n) is 5.57. The number of amides is 1. The highest BCUT2D eigenvalue weighted by Gasteiger charge is 2.25. The van der Waals surface area contributed by atoms with Gasteiger partial charge in [-0.1, -0.05) is 13.0 Å². The van der Waals surface area contributed by atoms with Crippen LogP contribution in [0.25, 0.3) is 16.6 Å². The summed E-state index contributed by atoms with van der Waals surface area (Å²) < 4.78 is 16.6. The molecule has 2 N–H and O–H groups in total. The number of hydrogen-bond donors (Lipinski definition) is 2. The van der Waals surface area contributed by atoms with E-state index >= 15 is 0 Å². The number of ether oxygens (including phenoxy) is 3. The number of nitrogens with zero attached hydrogens (tertiary/aromatic N) is 4. The van der Waals surface area contributed by atoms with Crippen LogP contribution in [-0.2, 0) is 11.2 Å². The first-order valence-electron chi connectivity index (χ1n) is 15.1. The predicted octanol–water partition coefficient (Wildman–Crippen LogP) is 4.07. The number of hydrogen-bond acceptors (Lipinski definition) is 10. The van der Waals surface area contributed by atoms with Crippen molar-refractivity contribution in [1.82, 2.24) is 19.7 Å². The molecule has 1 aliphatic heterocycles. The van der Waals surface area contributed by atoms with Crippen LogP contribution >= 0.6 is 11.3 Å². The van der Waals surface area contributed by atoms with Gasteiger partial charge in [-0.05, 0) is 61.4 Å². The number of aliphatic hydroxyl groups is 2. The van der Waals surface area contributed by atoms with Gasteiger partial charge in [-0.25, -0.2) is 9.78 Å². The van der Waals surface area contributed by atoms with Crippen molar-refractivity contribution in [2.45, 2.75) is 26.2 Å². The van der Waals surface area contributed by atoms with Crippen LogP contribution in [-0.4, -0.2) is 108 Å². The van der Waals surface area contributed by atoms with Crippen molar-refractivity contribution in [1.29, 1.82) is 0 Å². The quantitative estimate of drug-likeness (QED) is 0.206. The molecule has 1 aromatic carbocycles. The molecule has 2 aromatic heterocycles. The van der Waals surface area contributed by atoms with Gasteiger partial charge >= 0.3 is 6.09 Å². The number of aliphatic hydroxyl groups excluding tert-OH is 2. The Balaban J connectivity index is 1.01. The van der Waals surface area contributed by atoms with Gasteiger partial charge in [0.15, 0.2) is 0 Å². The molecule has 0 radical (unpaired) electrons. The zero-order valence-corrected chi connectivity index (χ0v) is 25.6. The molecule has 43 heavy (non-hydrogen) atoms. The second kappa shape index (κ2) is 15.4. The summed E-state index contributed by atoms with van der Waals surface area (Å²) >= 11 is 1.89. The van der Waals surface area contributed by atoms with Gasteiger partial charge < -0.3 is 34.2 Å². The lowest BCUT2D eigenvalue weighted by atomic mass is 9.94. The Morgan fingerprint density at radius 2 is 1.84 bits per heavy atom. The second-order valence-electron chi connectivity index (χ2n) is 11.0. The molecule has 1 aliphatic carbocycles. The maximum atomic E-state index is 12.1. The third-order valence-corrected chi connectivity index (χ3v) is 8.79. The molecule has 0 spiro atoms. The summed E-state index contributed by atoms with van der Waals surface area (Å²) in [7, 11) is 0. The van der Waals surface area contributed by atoms with E-state index in [9.17, 15) is 4.79 Å². The van der Waals surface area contributed by atoms with E-state index in [1.54, 1.807) is 6.07 Å². The SMILES string of the molecule is CC1C=C(N2CCN(CCCCOc3ccc4ccc(OCOC(=O)N(CCO)CCO)nc4c3)CC2)c2ccsc2C1. The number of carbonyl (C=O) groups excluding carboxylic acids is 1. The number of thiophene rings is 1. The molecule has 3 heterocycles. The lowest BCUT2D eigenvalue weighted by molar-refractivity contribution is 0.0269. The van der Waals surface area contributed by atoms with Crippen LogP contribution in [0.2, 0.25) is 0 Å². The minimum Gasteiger partial charge on any atom is -0.494 e. The van der Waals surface area contributed by atoms with Crippen molar-refractivity contribution < 1.29 is 29.2 Å². The number of allylic oxidation sites excluding steroid dienone is 1. The first-order chi connectivity index (χ1) is 21.0. The molecule has 2 aliphatic rings. The number of rotatable bonds is 14. The topological polar surface area (TPSA) is 108 Å². The molecule has 11 heteroatoms. The fourth-order valence-corrected chi connectivity index (χ4v) is 6.60. The highest BCUT2D eigenvalue weighted by Crippen LogP contribution is 2.35. The number of fused-ring (bicyclic) bond motifs is 2. The standard InChI is InChI=1S/C32H42N4O6S/c1-24-20-29(27-8-19-43-30(27)21-24)35-12-10-34(11-13-35)9-2-3-18-40-26-6-4-25-5-7-31(33-28(25)22-26)41-23-42-32(39)36(14-16-37)15-17-38/h4-8,19-20,22,24,37-38H,2-3,9-18,21,23H2,1H3. The van der Waals surface area contributed by atoms with Crippen LogP contribution in [0.5, 0.6) is 11.6 Å². The van der Waals surface area contributed by atoms with E-state index in [1.807, 2.05) is 35.6 Å². The van der Waals surface area contributed by atoms with Gasteiger partial charge in [-0.3, -0.25) is 4.90 Å². The third kappa shape index (κ3) is 8.38. The molecule has 1 saturated heterocycles. The largest absolute Gasteiger partial charge is 0.494 e. The molecule has 1 fully saturated rings. The molecule has 1 unspecified atom stereocenters. The summed E-state index contributed by atoms with van der Waals surface area (Å²) in [5.41, 5.74) is 3.61. The summed E-state index contributed by atoms with van der Waals surface area (Å²) in [6.07, 6.45) is 5.02. The van der Waals surface area contributed by atoms with Crippen molar-refractivity contribution in [3.8, 4) is 11.6 Å². The van der Waals surface area contributed by atoms with Crippen LogP contribution in [0.1, 0.15) is 30.2 Å². The van der Waals surface area contributed by atoms with Crippen molar-refractivity contribution >= 4 is 34.0 Å². The number of unbranched alkanes of at least 4 members (excludes halogenated alkanes) is 1. The summed E-state index contributed by atoms with van der Waals surface area (Å²) in [4.78, 5) is 24.5. The molecular formula is C32H42N4O6S. The molecule has 3 aromatic rings. The van der Waals surface area contributed by atoms with Crippen molar-refractivity contribution in [2.24, 2.45) is 5.92 Å². The number of carbonyl (C=O) groups is 1. The number of benzene rings is 1. The lowest BCUT2D eigenvalue weighted by Gasteiger charge is -2.39. The van der Waals surface area contributed by atoms with Gasteiger partial charge in [0.1, 0.15) is 5.75 Å². The van der Waals surface area contributed by atoms with Crippen LogP contribution in [0.4, 0.5) is 4.79 Å². The zero-order valence-electron chi connectivity index (χ0n) is 24.8. The minimum absolute atomic E-state index is 0.0718. The minimum atomic E-state index is -0.675. The Morgan fingerprint density at radius 1 is 1.05 bits per heavy atom. The maximum absolute atomic E-state index is 12.1. The molecule has 5 rings (SSSR count). The van der Waals surface area contributed by atoms with Crippen molar-refractivity contribution in [3.05, 3.63) is 58.3 Å². The number of aromatic nitrogens is 1. The van der Waals surface area contributed by atoms with Crippen LogP contribution in [0, 0.1) is 5.92 Å². The maximum Gasteiger partial charge on any atom is 0.412 e. The molecule has 1 atom stereocenters. The smallest absolute Gasteiger partial charge is 0.412 e. The van der Waals surface area contributed by atoms with Gasteiger partial charge in [-0.2, -0.15) is 0 Å². The normalized spacial score (nSPS) is 17.0. The lowest BCUT2D eigenvalue weighted by Crippen LogP contribution is -2.46. The van der Waals surface area contributed by atoms with E-state index in [-0.39, 0.29) is 33.1 Å². The van der Waals surface area contributed by atoms with Gasteiger partial charge in [0.05, 0.1) is 25.3 Å². The average molecular weight is 611 g/mol. The summed E-state index contributed by atoms with van der Waals surface area (Å²) in [5, 5.41) is 21.3. The van der Waals surface area contributed by atoms with E-state index < -0.39 is 6.09 Å². The van der Waals surface area contributed by atoms with Gasteiger partial charge in [0, 0.05) is 72.9 Å². The molecule has 0 bridgehead atoms. The highest BCUT2D eigenvalue weighted by molar-refractivity contribution is 7.10. The first kappa shape index (κ1) is 31.1. The fraction of sp³-hybridized carbons (Fsp3) is 0.500. The van der Waals surface area contributed by atoms with E-state index in [0.29, 0.717) is 18.4 Å². The van der Waals surface area contributed by atoms with Gasteiger partial charge in [0.25, 0.3) is 0 Å². The first-order valence-corrected chi connectivity index (χ1v) is 16.0. The van der Waals surface area contributed by atoms with E-state index in [4.69, 9.17) is 24.4 Å². The molecule has 10 nitrogen and oxygen atoms in total. The molecule has 1 amide bonds. The highest BCUT2D eigenvalue weighted by atomic mass is 32.1. The Morgan fingerprint density at radius 3 is 2.63 bits per heavy atom. The van der Waals surface area contributed by atoms with Crippen LogP contribution < -0.4 is 9.47 Å². The molecule has 0 saturated carbocycles. The van der Waals surface area contributed by atoms with E-state index in [0.717, 1.165) is 62.2 Å². The van der Waals surface area contributed by atoms with Gasteiger partial charge in [0.2, 0.25) is 12.7 Å². The molecule has 232 valence electrons. The Hall–Kier alpha value is -3.38. The zero-order chi connectivity index (χ0) is 30.0. The second-order valence-corrected chi connectivity index (χ2v) is 12.0. The predicted molar refractivity (Wildman–Crippen MR) is 167 cm³/mol. The van der Waals surface area contributed by atoms with Crippen molar-refractivity contribution in [3.63, 3.8) is 0 Å². The Labute approximate surface area is 257 Å². The average Bonchev–Trinajstić information content (AvgIpc) is 3.49. The summed E-state index contributed by atoms with van der Waals surface area (Å²) in [6.45, 7) is 7.75. The third-order valence-electron chi connectivity index (χ3n) is 7.85. The Bertz CT molecular complexity index is 1370. The van der Waals surface area contributed by atoms with E-state index in [2.05, 4.69) is 39.2 Å². The summed E-state index contributed by atoms with van der Waals surface area (Å²) in [5.74, 6) is 1.68. The van der Waals surface area contributed by atoms with Crippen LogP contribution in [0.3, 0.4) is 0 Å². The Kier molecular flexibility index (Phi) is 11.1. The number of piperazine rings is 1. The van der Waals surface area contributed by atoms with Gasteiger partial charge in [-0.15, -0.1) is 11.3 Å². The van der Waals surface area contributed by atoms with Crippen molar-refractivity contribution in [2.75, 3.05) is 72.4 Å². The monoisotopic (exact) mass is 610 g/mol. The summed E-state index contributed by atoms with van der Waals surface area (Å²) in [6, 6.07) is 11.7.